The van der Waals surface area contributed by atoms with E-state index in [0.29, 0.717) is 19.7 Å². The zero-order chi connectivity index (χ0) is 17.1. The van der Waals surface area contributed by atoms with Crippen molar-refractivity contribution in [2.24, 2.45) is 0 Å². The summed E-state index contributed by atoms with van der Waals surface area (Å²) in [6.07, 6.45) is 8.05. The highest BCUT2D eigenvalue weighted by atomic mass is 16.6. The molecule has 0 atom stereocenters. The minimum atomic E-state index is -0.225. The van der Waals surface area contributed by atoms with Crippen LogP contribution in [0.4, 0.5) is 4.79 Å². The van der Waals surface area contributed by atoms with E-state index in [0.717, 1.165) is 30.0 Å². The van der Waals surface area contributed by atoms with E-state index in [4.69, 9.17) is 4.74 Å². The molecule has 0 saturated carbocycles. The molecule has 1 aromatic carbocycles. The highest BCUT2D eigenvalue weighted by molar-refractivity contribution is 5.68. The van der Waals surface area contributed by atoms with Gasteiger partial charge >= 0.3 is 6.09 Å². The van der Waals surface area contributed by atoms with Gasteiger partial charge in [-0.3, -0.25) is 0 Å². The lowest BCUT2D eigenvalue weighted by atomic mass is 10.2. The number of hydrogen-bond acceptors (Lipinski definition) is 4. The van der Waals surface area contributed by atoms with Crippen molar-refractivity contribution in [1.82, 2.24) is 24.2 Å². The number of rotatable bonds is 5. The zero-order valence-electron chi connectivity index (χ0n) is 13.8. The van der Waals surface area contributed by atoms with Crippen molar-refractivity contribution in [1.29, 1.82) is 0 Å². The molecule has 25 heavy (non-hydrogen) atoms. The molecule has 7 nitrogen and oxygen atoms in total. The van der Waals surface area contributed by atoms with Crippen molar-refractivity contribution in [3.8, 4) is 17.1 Å². The first-order valence-electron chi connectivity index (χ1n) is 8.34. The van der Waals surface area contributed by atoms with Gasteiger partial charge < -0.3 is 14.2 Å². The van der Waals surface area contributed by atoms with Gasteiger partial charge in [-0.1, -0.05) is 0 Å². The molecular weight excluding hydrogens is 318 g/mol. The third-order valence-electron chi connectivity index (χ3n) is 4.28. The minimum Gasteiger partial charge on any atom is -0.449 e. The average molecular weight is 337 g/mol. The van der Waals surface area contributed by atoms with Crippen LogP contribution in [0.5, 0.6) is 0 Å². The molecule has 0 unspecified atom stereocenters. The number of carbonyl (C=O) groups is 1. The summed E-state index contributed by atoms with van der Waals surface area (Å²) < 4.78 is 8.96. The number of amides is 1. The maximum Gasteiger partial charge on any atom is 0.409 e. The van der Waals surface area contributed by atoms with Gasteiger partial charge in [-0.05, 0) is 36.8 Å². The molecule has 0 bridgehead atoms. The second-order valence-electron chi connectivity index (χ2n) is 5.90. The fraction of sp³-hybridized carbons (Fsp3) is 0.278. The molecule has 4 rings (SSSR count). The van der Waals surface area contributed by atoms with E-state index in [1.54, 1.807) is 17.3 Å². The topological polar surface area (TPSA) is 65.2 Å². The van der Waals surface area contributed by atoms with E-state index in [-0.39, 0.29) is 6.09 Å². The van der Waals surface area contributed by atoms with Crippen LogP contribution in [-0.4, -0.2) is 50.0 Å². The Morgan fingerprint density at radius 1 is 1.08 bits per heavy atom. The molecule has 1 amide bonds. The Hall–Kier alpha value is -3.09. The van der Waals surface area contributed by atoms with Crippen LogP contribution in [0.3, 0.4) is 0 Å². The SMILES string of the molecule is O=C1OCCCN1CCn1ccnc1-c1ccc(-n2cccn2)cc1. The van der Waals surface area contributed by atoms with Crippen molar-refractivity contribution < 1.29 is 9.53 Å². The maximum atomic E-state index is 11.7. The molecule has 1 aliphatic rings. The molecule has 3 aromatic rings. The fourth-order valence-corrected chi connectivity index (χ4v) is 2.96. The van der Waals surface area contributed by atoms with Crippen LogP contribution in [-0.2, 0) is 11.3 Å². The minimum absolute atomic E-state index is 0.225. The Labute approximate surface area is 145 Å². The quantitative estimate of drug-likeness (QED) is 0.718. The van der Waals surface area contributed by atoms with E-state index in [2.05, 4.69) is 14.6 Å². The number of hydrogen-bond donors (Lipinski definition) is 0. The Morgan fingerprint density at radius 3 is 2.72 bits per heavy atom. The van der Waals surface area contributed by atoms with Crippen LogP contribution < -0.4 is 0 Å². The van der Waals surface area contributed by atoms with Gasteiger partial charge in [0.25, 0.3) is 0 Å². The summed E-state index contributed by atoms with van der Waals surface area (Å²) in [6, 6.07) is 9.99. The lowest BCUT2D eigenvalue weighted by Crippen LogP contribution is -2.39. The average Bonchev–Trinajstić information content (AvgIpc) is 3.33. The number of cyclic esters (lactones) is 1. The summed E-state index contributed by atoms with van der Waals surface area (Å²) in [6.45, 7) is 2.58. The van der Waals surface area contributed by atoms with Gasteiger partial charge in [0.15, 0.2) is 0 Å². The van der Waals surface area contributed by atoms with E-state index in [9.17, 15) is 4.79 Å². The van der Waals surface area contributed by atoms with Crippen molar-refractivity contribution >= 4 is 6.09 Å². The molecule has 1 saturated heterocycles. The molecule has 1 fully saturated rings. The first kappa shape index (κ1) is 15.4. The van der Waals surface area contributed by atoms with Crippen molar-refractivity contribution in [3.05, 3.63) is 55.1 Å². The van der Waals surface area contributed by atoms with Gasteiger partial charge in [0.05, 0.1) is 12.3 Å². The first-order valence-corrected chi connectivity index (χ1v) is 8.34. The van der Waals surface area contributed by atoms with Gasteiger partial charge in [-0.2, -0.15) is 5.10 Å². The maximum absolute atomic E-state index is 11.7. The smallest absolute Gasteiger partial charge is 0.409 e. The number of ether oxygens (including phenoxy) is 1. The number of benzene rings is 1. The Morgan fingerprint density at radius 2 is 1.96 bits per heavy atom. The fourth-order valence-electron chi connectivity index (χ4n) is 2.96. The highest BCUT2D eigenvalue weighted by Crippen LogP contribution is 2.19. The molecule has 7 heteroatoms. The standard InChI is InChI=1S/C18H19N5O2/c24-18-22(9-2-14-25-18)13-12-21-11-8-19-17(21)15-3-5-16(6-4-15)23-10-1-7-20-23/h1,3-8,10-11H,2,9,12-14H2. The van der Waals surface area contributed by atoms with Crippen LogP contribution in [0.25, 0.3) is 17.1 Å². The summed E-state index contributed by atoms with van der Waals surface area (Å²) in [5.74, 6) is 0.886. The van der Waals surface area contributed by atoms with E-state index in [1.165, 1.54) is 0 Å². The summed E-state index contributed by atoms with van der Waals surface area (Å²) in [7, 11) is 0. The normalized spacial score (nSPS) is 14.6. The third-order valence-corrected chi connectivity index (χ3v) is 4.28. The third kappa shape index (κ3) is 3.26. The van der Waals surface area contributed by atoms with Crippen molar-refractivity contribution in [3.63, 3.8) is 0 Å². The van der Waals surface area contributed by atoms with Crippen LogP contribution in [0.1, 0.15) is 6.42 Å². The highest BCUT2D eigenvalue weighted by Gasteiger charge is 2.19. The first-order chi connectivity index (χ1) is 12.3. The van der Waals surface area contributed by atoms with Crippen LogP contribution in [0, 0.1) is 0 Å². The second-order valence-corrected chi connectivity index (χ2v) is 5.90. The summed E-state index contributed by atoms with van der Waals surface area (Å²) in [5, 5.41) is 4.23. The van der Waals surface area contributed by atoms with Gasteiger partial charge in [0, 0.05) is 50.0 Å². The van der Waals surface area contributed by atoms with Gasteiger partial charge in [0.1, 0.15) is 5.82 Å². The van der Waals surface area contributed by atoms with Crippen LogP contribution in [0.15, 0.2) is 55.1 Å². The molecule has 0 spiro atoms. The zero-order valence-corrected chi connectivity index (χ0v) is 13.8. The Bertz CT molecular complexity index is 839. The number of carbonyl (C=O) groups excluding carboxylic acids is 1. The molecule has 3 heterocycles. The largest absolute Gasteiger partial charge is 0.449 e. The van der Waals surface area contributed by atoms with Gasteiger partial charge in [-0.15, -0.1) is 0 Å². The Balaban J connectivity index is 1.48. The lowest BCUT2D eigenvalue weighted by molar-refractivity contribution is 0.0717. The molecule has 0 aliphatic carbocycles. The summed E-state index contributed by atoms with van der Waals surface area (Å²) >= 11 is 0. The molecule has 0 radical (unpaired) electrons. The van der Waals surface area contributed by atoms with E-state index >= 15 is 0 Å². The van der Waals surface area contributed by atoms with Crippen molar-refractivity contribution in [2.45, 2.75) is 13.0 Å². The molecular formula is C18H19N5O2. The predicted molar refractivity (Wildman–Crippen MR) is 92.3 cm³/mol. The molecule has 0 N–H and O–H groups in total. The van der Waals surface area contributed by atoms with Gasteiger partial charge in [0.2, 0.25) is 0 Å². The van der Waals surface area contributed by atoms with Crippen molar-refractivity contribution in [2.75, 3.05) is 19.7 Å². The number of aromatic nitrogens is 4. The van der Waals surface area contributed by atoms with Crippen LogP contribution >= 0.6 is 0 Å². The molecule has 2 aromatic heterocycles. The molecule has 1 aliphatic heterocycles. The monoisotopic (exact) mass is 337 g/mol. The summed E-state index contributed by atoms with van der Waals surface area (Å²) in [5.41, 5.74) is 2.03. The second kappa shape index (κ2) is 6.80. The Kier molecular flexibility index (Phi) is 4.20. The van der Waals surface area contributed by atoms with Gasteiger partial charge in [-0.25, -0.2) is 14.5 Å². The summed E-state index contributed by atoms with van der Waals surface area (Å²) in [4.78, 5) is 17.9. The lowest BCUT2D eigenvalue weighted by Gasteiger charge is -2.26. The number of nitrogens with zero attached hydrogens (tertiary/aromatic N) is 5. The van der Waals surface area contributed by atoms with E-state index < -0.39 is 0 Å². The van der Waals surface area contributed by atoms with Crippen LogP contribution in [0.2, 0.25) is 0 Å². The van der Waals surface area contributed by atoms with E-state index in [1.807, 2.05) is 47.4 Å². The predicted octanol–water partition coefficient (Wildman–Crippen LogP) is 2.58. The number of imidazole rings is 1. The molecule has 128 valence electrons.